The van der Waals surface area contributed by atoms with Crippen molar-refractivity contribution >= 4 is 17.6 Å². The highest BCUT2D eigenvalue weighted by Crippen LogP contribution is 2.43. The zero-order valence-electron chi connectivity index (χ0n) is 14.9. The third kappa shape index (κ3) is 3.04. The second-order valence-corrected chi connectivity index (χ2v) is 9.23. The molecular weight excluding hydrogens is 330 g/mol. The molecule has 2 aliphatic rings. The Balaban J connectivity index is 1.92. The number of H-pyrrole nitrogens is 1. The number of piperidine rings is 1. The van der Waals surface area contributed by atoms with E-state index in [2.05, 4.69) is 29.8 Å². The minimum Gasteiger partial charge on any atom is -0.461 e. The summed E-state index contributed by atoms with van der Waals surface area (Å²) in [7, 11) is 0. The van der Waals surface area contributed by atoms with Crippen molar-refractivity contribution < 1.29 is 9.40 Å². The number of rotatable bonds is 2. The molecule has 2 aliphatic heterocycles. The lowest BCUT2D eigenvalue weighted by Crippen LogP contribution is -2.37. The monoisotopic (exact) mass is 354 g/mol. The average molecular weight is 354 g/mol. The van der Waals surface area contributed by atoms with Gasteiger partial charge >= 0.3 is 0 Å². The summed E-state index contributed by atoms with van der Waals surface area (Å²) < 4.78 is 5.86. The average Bonchev–Trinajstić information content (AvgIpc) is 3.14. The SMILES string of the molecule is CC1(C)Cc2c(C#N)c(N3CCCCC3)[nH+]c(-c3ccco3)c2CS1. The van der Waals surface area contributed by atoms with Crippen LogP contribution in [0.3, 0.4) is 0 Å². The second kappa shape index (κ2) is 6.42. The number of aromatic amines is 1. The number of aromatic nitrogens is 1. The molecular formula is C20H24N3OS+. The predicted molar refractivity (Wildman–Crippen MR) is 101 cm³/mol. The van der Waals surface area contributed by atoms with Crippen molar-refractivity contribution in [3.05, 3.63) is 35.1 Å². The molecule has 25 heavy (non-hydrogen) atoms. The topological polar surface area (TPSA) is 54.3 Å². The maximum Gasteiger partial charge on any atom is 0.293 e. The van der Waals surface area contributed by atoms with E-state index in [1.54, 1.807) is 6.26 Å². The van der Waals surface area contributed by atoms with Crippen LogP contribution in [0.15, 0.2) is 22.8 Å². The molecule has 130 valence electrons. The minimum atomic E-state index is 0.152. The molecule has 0 aromatic carbocycles. The molecule has 0 bridgehead atoms. The number of hydrogen-bond acceptors (Lipinski definition) is 4. The van der Waals surface area contributed by atoms with Crippen LogP contribution in [-0.4, -0.2) is 17.8 Å². The lowest BCUT2D eigenvalue weighted by atomic mass is 9.91. The summed E-state index contributed by atoms with van der Waals surface area (Å²) in [5, 5.41) is 9.97. The number of thioether (sulfide) groups is 1. The Labute approximate surface area is 153 Å². The smallest absolute Gasteiger partial charge is 0.293 e. The number of hydrogen-bond donors (Lipinski definition) is 0. The van der Waals surface area contributed by atoms with E-state index >= 15 is 0 Å². The first kappa shape index (κ1) is 16.5. The van der Waals surface area contributed by atoms with Gasteiger partial charge in [-0.1, -0.05) is 13.8 Å². The van der Waals surface area contributed by atoms with Crippen molar-refractivity contribution in [1.29, 1.82) is 5.26 Å². The Morgan fingerprint density at radius 3 is 2.72 bits per heavy atom. The van der Waals surface area contributed by atoms with Crippen LogP contribution < -0.4 is 9.88 Å². The van der Waals surface area contributed by atoms with Gasteiger partial charge in [0.15, 0.2) is 11.5 Å². The Hall–Kier alpha value is -1.93. The number of pyridine rings is 1. The van der Waals surface area contributed by atoms with Crippen LogP contribution >= 0.6 is 11.8 Å². The van der Waals surface area contributed by atoms with Crippen LogP contribution in [0.2, 0.25) is 0 Å². The molecule has 2 aromatic rings. The molecule has 0 atom stereocenters. The van der Waals surface area contributed by atoms with Gasteiger partial charge in [-0.15, -0.1) is 0 Å². The van der Waals surface area contributed by atoms with E-state index in [-0.39, 0.29) is 4.75 Å². The number of furan rings is 1. The van der Waals surface area contributed by atoms with Gasteiger partial charge in [0.25, 0.3) is 5.82 Å². The van der Waals surface area contributed by atoms with Crippen LogP contribution in [0.5, 0.6) is 0 Å². The van der Waals surface area contributed by atoms with Gasteiger partial charge in [-0.2, -0.15) is 17.0 Å². The molecule has 1 fully saturated rings. The molecule has 4 nitrogen and oxygen atoms in total. The normalized spacial score (nSPS) is 19.3. The standard InChI is InChI=1S/C20H23N3OS/c1-20(2)11-14-15(12-21)19(23-8-4-3-5-9-23)22-18(16(14)13-25-20)17-7-6-10-24-17/h6-7,10H,3-5,8-9,11,13H2,1-2H3/p+1. The first-order valence-electron chi connectivity index (χ1n) is 9.03. The summed E-state index contributed by atoms with van der Waals surface area (Å²) >= 11 is 1.95. The Morgan fingerprint density at radius 1 is 1.24 bits per heavy atom. The molecule has 0 aliphatic carbocycles. The highest BCUT2D eigenvalue weighted by Gasteiger charge is 2.36. The molecule has 1 N–H and O–H groups in total. The molecule has 5 heteroatoms. The van der Waals surface area contributed by atoms with E-state index in [0.717, 1.165) is 48.1 Å². The van der Waals surface area contributed by atoms with Crippen LogP contribution in [0.1, 0.15) is 49.8 Å². The summed E-state index contributed by atoms with van der Waals surface area (Å²) in [6.07, 6.45) is 6.28. The van der Waals surface area contributed by atoms with Crippen LogP contribution in [0, 0.1) is 11.3 Å². The van der Waals surface area contributed by atoms with Crippen molar-refractivity contribution in [3.63, 3.8) is 0 Å². The van der Waals surface area contributed by atoms with Crippen molar-refractivity contribution in [2.45, 2.75) is 50.0 Å². The van der Waals surface area contributed by atoms with Gasteiger partial charge in [-0.25, -0.2) is 4.98 Å². The van der Waals surface area contributed by atoms with Crippen molar-refractivity contribution in [2.24, 2.45) is 0 Å². The fourth-order valence-electron chi connectivity index (χ4n) is 3.91. The van der Waals surface area contributed by atoms with Gasteiger partial charge in [-0.05, 0) is 43.4 Å². The number of nitriles is 1. The predicted octanol–water partition coefficient (Wildman–Crippen LogP) is 4.19. The molecule has 0 saturated carbocycles. The maximum absolute atomic E-state index is 9.97. The van der Waals surface area contributed by atoms with Gasteiger partial charge in [-0.3, -0.25) is 4.90 Å². The highest BCUT2D eigenvalue weighted by atomic mass is 32.2. The molecule has 1 saturated heterocycles. The highest BCUT2D eigenvalue weighted by molar-refractivity contribution is 7.99. The minimum absolute atomic E-state index is 0.152. The zero-order valence-corrected chi connectivity index (χ0v) is 15.7. The molecule has 0 spiro atoms. The van der Waals surface area contributed by atoms with Crippen LogP contribution in [-0.2, 0) is 12.2 Å². The van der Waals surface area contributed by atoms with Crippen LogP contribution in [0.4, 0.5) is 5.82 Å². The van der Waals surface area contributed by atoms with E-state index in [1.807, 2.05) is 23.9 Å². The Morgan fingerprint density at radius 2 is 2.04 bits per heavy atom. The first-order chi connectivity index (χ1) is 12.1. The van der Waals surface area contributed by atoms with E-state index in [9.17, 15) is 5.26 Å². The summed E-state index contributed by atoms with van der Waals surface area (Å²) in [4.78, 5) is 5.94. The molecule has 0 radical (unpaired) electrons. The number of nitrogens with zero attached hydrogens (tertiary/aromatic N) is 2. The van der Waals surface area contributed by atoms with E-state index in [0.29, 0.717) is 0 Å². The first-order valence-corrected chi connectivity index (χ1v) is 10.0. The summed E-state index contributed by atoms with van der Waals surface area (Å²) in [6.45, 7) is 6.57. The van der Waals surface area contributed by atoms with Gasteiger partial charge in [0.2, 0.25) is 0 Å². The van der Waals surface area contributed by atoms with Gasteiger partial charge in [0, 0.05) is 16.1 Å². The number of anilines is 1. The molecule has 4 heterocycles. The summed E-state index contributed by atoms with van der Waals surface area (Å²) in [5.74, 6) is 2.75. The lowest BCUT2D eigenvalue weighted by Gasteiger charge is -2.32. The summed E-state index contributed by atoms with van der Waals surface area (Å²) in [6, 6.07) is 6.45. The van der Waals surface area contributed by atoms with Crippen molar-refractivity contribution in [3.8, 4) is 17.5 Å². The van der Waals surface area contributed by atoms with E-state index in [1.165, 1.54) is 30.4 Å². The van der Waals surface area contributed by atoms with E-state index < -0.39 is 0 Å². The number of fused-ring (bicyclic) bond motifs is 1. The Kier molecular flexibility index (Phi) is 4.24. The molecule has 4 rings (SSSR count). The second-order valence-electron chi connectivity index (χ2n) is 7.54. The van der Waals surface area contributed by atoms with Crippen molar-refractivity contribution in [2.75, 3.05) is 18.0 Å². The van der Waals surface area contributed by atoms with Crippen LogP contribution in [0.25, 0.3) is 11.5 Å². The summed E-state index contributed by atoms with van der Waals surface area (Å²) in [5.41, 5.74) is 4.32. The third-order valence-electron chi connectivity index (χ3n) is 5.21. The van der Waals surface area contributed by atoms with Gasteiger partial charge in [0.1, 0.15) is 11.6 Å². The fraction of sp³-hybridized carbons (Fsp3) is 0.500. The molecule has 0 unspecified atom stereocenters. The number of nitrogens with one attached hydrogen (secondary N) is 1. The van der Waals surface area contributed by atoms with Crippen molar-refractivity contribution in [1.82, 2.24) is 0 Å². The largest absolute Gasteiger partial charge is 0.461 e. The van der Waals surface area contributed by atoms with Gasteiger partial charge in [0.05, 0.1) is 19.4 Å². The Bertz CT molecular complexity index is 814. The third-order valence-corrected chi connectivity index (χ3v) is 6.57. The molecule has 0 amide bonds. The molecule has 2 aromatic heterocycles. The maximum atomic E-state index is 9.97. The lowest BCUT2D eigenvalue weighted by molar-refractivity contribution is -0.352. The van der Waals surface area contributed by atoms with Gasteiger partial charge < -0.3 is 4.42 Å². The fourth-order valence-corrected chi connectivity index (χ4v) is 5.01. The zero-order chi connectivity index (χ0) is 17.4. The van der Waals surface area contributed by atoms with E-state index in [4.69, 9.17) is 4.42 Å². The quantitative estimate of drug-likeness (QED) is 0.811.